The van der Waals surface area contributed by atoms with Crippen LogP contribution in [0, 0.1) is 6.92 Å². The summed E-state index contributed by atoms with van der Waals surface area (Å²) in [6, 6.07) is 14.2. The smallest absolute Gasteiger partial charge is 0.0620 e. The fourth-order valence-electron chi connectivity index (χ4n) is 2.44. The Morgan fingerprint density at radius 3 is 2.90 bits per heavy atom. The molecule has 20 heavy (non-hydrogen) atoms. The molecule has 0 bridgehead atoms. The summed E-state index contributed by atoms with van der Waals surface area (Å²) in [7, 11) is -1.03. The maximum Gasteiger partial charge on any atom is 0.0620 e. The van der Waals surface area contributed by atoms with Gasteiger partial charge in [0.25, 0.3) is 0 Å². The molecule has 0 fully saturated rings. The maximum atomic E-state index is 12.5. The van der Waals surface area contributed by atoms with Gasteiger partial charge in [-0.3, -0.25) is 4.21 Å². The van der Waals surface area contributed by atoms with Gasteiger partial charge in [0.15, 0.2) is 0 Å². The maximum absolute atomic E-state index is 12.5. The highest BCUT2D eigenvalue weighted by Gasteiger charge is 2.24. The quantitative estimate of drug-likeness (QED) is 0.884. The van der Waals surface area contributed by atoms with Crippen LogP contribution in [0.3, 0.4) is 0 Å². The van der Waals surface area contributed by atoms with Crippen LogP contribution in [0.5, 0.6) is 0 Å². The summed E-state index contributed by atoms with van der Waals surface area (Å²) in [5.41, 5.74) is 9.06. The summed E-state index contributed by atoms with van der Waals surface area (Å²) < 4.78 is 12.5. The number of anilines is 1. The van der Waals surface area contributed by atoms with Crippen molar-refractivity contribution in [3.63, 3.8) is 0 Å². The number of benzene rings is 2. The van der Waals surface area contributed by atoms with E-state index in [4.69, 9.17) is 5.73 Å². The summed E-state index contributed by atoms with van der Waals surface area (Å²) in [6.07, 6.45) is 0.998. The van der Waals surface area contributed by atoms with Gasteiger partial charge in [-0.2, -0.15) is 0 Å². The molecule has 1 heterocycles. The van der Waals surface area contributed by atoms with Crippen molar-refractivity contribution in [2.24, 2.45) is 0 Å². The predicted octanol–water partition coefficient (Wildman–Crippen LogP) is 3.40. The topological polar surface area (TPSA) is 43.1 Å². The van der Waals surface area contributed by atoms with Crippen molar-refractivity contribution in [3.8, 4) is 0 Å². The van der Waals surface area contributed by atoms with Crippen LogP contribution in [0.1, 0.15) is 11.1 Å². The van der Waals surface area contributed by atoms with Gasteiger partial charge in [-0.05, 0) is 42.7 Å². The van der Waals surface area contributed by atoms with Crippen molar-refractivity contribution >= 4 is 28.2 Å². The minimum atomic E-state index is -1.03. The number of thioether (sulfide) groups is 1. The van der Waals surface area contributed by atoms with Crippen LogP contribution in [0.4, 0.5) is 5.69 Å². The first-order valence-electron chi connectivity index (χ1n) is 6.62. The molecule has 2 atom stereocenters. The highest BCUT2D eigenvalue weighted by atomic mass is 32.2. The molecular formula is C16H17NOS2. The Morgan fingerprint density at radius 2 is 2.10 bits per heavy atom. The van der Waals surface area contributed by atoms with Crippen molar-refractivity contribution in [2.75, 3.05) is 11.5 Å². The summed E-state index contributed by atoms with van der Waals surface area (Å²) in [4.78, 5) is 2.10. The zero-order valence-corrected chi connectivity index (χ0v) is 13.0. The molecular weight excluding hydrogens is 286 g/mol. The minimum Gasteiger partial charge on any atom is -0.398 e. The van der Waals surface area contributed by atoms with Gasteiger partial charge in [0.1, 0.15) is 0 Å². The van der Waals surface area contributed by atoms with Gasteiger partial charge in [0.05, 0.1) is 15.7 Å². The molecule has 2 nitrogen and oxygen atoms in total. The number of nitrogen functional groups attached to an aromatic ring is 1. The van der Waals surface area contributed by atoms with Crippen LogP contribution in [0.25, 0.3) is 0 Å². The summed E-state index contributed by atoms with van der Waals surface area (Å²) in [5, 5.41) is 0.383. The van der Waals surface area contributed by atoms with Crippen LogP contribution in [-0.2, 0) is 17.2 Å². The van der Waals surface area contributed by atoms with Crippen LogP contribution < -0.4 is 5.73 Å². The molecule has 0 saturated heterocycles. The Balaban J connectivity index is 1.74. The Hall–Kier alpha value is -1.26. The van der Waals surface area contributed by atoms with Gasteiger partial charge < -0.3 is 5.73 Å². The average Bonchev–Trinajstić information content (AvgIpc) is 2.83. The van der Waals surface area contributed by atoms with Crippen molar-refractivity contribution in [1.29, 1.82) is 0 Å². The third-order valence-electron chi connectivity index (χ3n) is 3.47. The molecule has 0 spiro atoms. The molecule has 4 heteroatoms. The summed E-state index contributed by atoms with van der Waals surface area (Å²) in [6.45, 7) is 2.00. The van der Waals surface area contributed by atoms with Crippen molar-refractivity contribution in [1.82, 2.24) is 0 Å². The average molecular weight is 303 g/mol. The zero-order chi connectivity index (χ0) is 14.1. The van der Waals surface area contributed by atoms with Gasteiger partial charge in [-0.25, -0.2) is 0 Å². The van der Waals surface area contributed by atoms with E-state index < -0.39 is 10.8 Å². The molecule has 2 aromatic carbocycles. The molecule has 2 N–H and O–H groups in total. The van der Waals surface area contributed by atoms with E-state index in [0.29, 0.717) is 16.7 Å². The molecule has 1 aliphatic rings. The predicted molar refractivity (Wildman–Crippen MR) is 86.7 cm³/mol. The largest absolute Gasteiger partial charge is 0.398 e. The van der Waals surface area contributed by atoms with E-state index in [0.717, 1.165) is 16.9 Å². The van der Waals surface area contributed by atoms with E-state index in [2.05, 4.69) is 24.3 Å². The van der Waals surface area contributed by atoms with E-state index >= 15 is 0 Å². The Labute approximate surface area is 126 Å². The number of hydrogen-bond donors (Lipinski definition) is 1. The lowest BCUT2D eigenvalue weighted by Gasteiger charge is -2.10. The van der Waals surface area contributed by atoms with Gasteiger partial charge in [-0.15, -0.1) is 11.8 Å². The van der Waals surface area contributed by atoms with Gasteiger partial charge in [0, 0.05) is 21.6 Å². The Kier molecular flexibility index (Phi) is 3.85. The number of hydrogen-bond acceptors (Lipinski definition) is 3. The normalized spacial score (nSPS) is 18.8. The lowest BCUT2D eigenvalue weighted by molar-refractivity contribution is 0.681. The fraction of sp³-hybridized carbons (Fsp3) is 0.250. The molecule has 3 rings (SSSR count). The van der Waals surface area contributed by atoms with Gasteiger partial charge in [-0.1, -0.05) is 24.3 Å². The van der Waals surface area contributed by atoms with Crippen molar-refractivity contribution < 1.29 is 4.21 Å². The van der Waals surface area contributed by atoms with Crippen LogP contribution in [0.15, 0.2) is 52.3 Å². The molecule has 0 radical (unpaired) electrons. The second-order valence-electron chi connectivity index (χ2n) is 5.11. The molecule has 0 aromatic heterocycles. The third-order valence-corrected chi connectivity index (χ3v) is 6.54. The minimum absolute atomic E-state index is 0.383. The number of aryl methyl sites for hydroxylation is 1. The lowest BCUT2D eigenvalue weighted by atomic mass is 10.1. The highest BCUT2D eigenvalue weighted by molar-refractivity contribution is 8.01. The first kappa shape index (κ1) is 13.7. The van der Waals surface area contributed by atoms with Crippen LogP contribution >= 0.6 is 11.8 Å². The SMILES string of the molecule is Cc1ccc(N)c(S(=O)CC2Cc3ccccc3S2)c1. The first-order valence-corrected chi connectivity index (χ1v) is 8.82. The molecule has 2 aromatic rings. The van der Waals surface area contributed by atoms with E-state index in [1.165, 1.54) is 10.5 Å². The number of rotatable bonds is 3. The standard InChI is InChI=1S/C16H17NOS2/c1-11-6-7-14(17)16(8-11)20(18)10-13-9-12-4-2-3-5-15(12)19-13/h2-8,13H,9-10,17H2,1H3. The van der Waals surface area contributed by atoms with E-state index in [1.54, 1.807) is 0 Å². The van der Waals surface area contributed by atoms with E-state index in [1.807, 2.05) is 36.9 Å². The first-order chi connectivity index (χ1) is 9.63. The monoisotopic (exact) mass is 303 g/mol. The molecule has 104 valence electrons. The number of nitrogens with two attached hydrogens (primary N) is 1. The number of fused-ring (bicyclic) bond motifs is 1. The van der Waals surface area contributed by atoms with E-state index in [-0.39, 0.29) is 0 Å². The Morgan fingerprint density at radius 1 is 1.30 bits per heavy atom. The van der Waals surface area contributed by atoms with Crippen LogP contribution in [0.2, 0.25) is 0 Å². The van der Waals surface area contributed by atoms with Crippen molar-refractivity contribution in [3.05, 3.63) is 53.6 Å². The van der Waals surface area contributed by atoms with Gasteiger partial charge >= 0.3 is 0 Å². The molecule has 0 amide bonds. The lowest BCUT2D eigenvalue weighted by Crippen LogP contribution is -2.14. The second-order valence-corrected chi connectivity index (χ2v) is 7.91. The van der Waals surface area contributed by atoms with E-state index in [9.17, 15) is 4.21 Å². The molecule has 0 aliphatic carbocycles. The molecule has 2 unspecified atom stereocenters. The van der Waals surface area contributed by atoms with Crippen LogP contribution in [-0.4, -0.2) is 15.2 Å². The Bertz CT molecular complexity index is 644. The van der Waals surface area contributed by atoms with Gasteiger partial charge in [0.2, 0.25) is 0 Å². The molecule has 0 saturated carbocycles. The second kappa shape index (κ2) is 5.62. The summed E-state index contributed by atoms with van der Waals surface area (Å²) >= 11 is 1.84. The van der Waals surface area contributed by atoms with Crippen molar-refractivity contribution in [2.45, 2.75) is 28.4 Å². The third kappa shape index (κ3) is 2.76. The molecule has 1 aliphatic heterocycles. The highest BCUT2D eigenvalue weighted by Crippen LogP contribution is 2.37. The summed E-state index contributed by atoms with van der Waals surface area (Å²) in [5.74, 6) is 0.660. The zero-order valence-electron chi connectivity index (χ0n) is 11.3. The fourth-order valence-corrected chi connectivity index (χ4v) is 5.45.